The van der Waals surface area contributed by atoms with Gasteiger partial charge in [-0.3, -0.25) is 20.0 Å². The molecule has 2 aromatic carbocycles. The quantitative estimate of drug-likeness (QED) is 0.141. The van der Waals surface area contributed by atoms with Gasteiger partial charge < -0.3 is 25.4 Å². The van der Waals surface area contributed by atoms with Gasteiger partial charge in [0.05, 0.1) is 22.7 Å². The van der Waals surface area contributed by atoms with E-state index in [-0.39, 0.29) is 50.4 Å². The summed E-state index contributed by atoms with van der Waals surface area (Å²) in [4.78, 5) is 40.1. The van der Waals surface area contributed by atoms with Crippen molar-refractivity contribution >= 4 is 47.6 Å². The smallest absolute Gasteiger partial charge is 0.659 e. The first-order chi connectivity index (χ1) is 26.5. The van der Waals surface area contributed by atoms with Gasteiger partial charge in [0.1, 0.15) is 0 Å². The van der Waals surface area contributed by atoms with Crippen LogP contribution in [0.4, 0.5) is 22.7 Å². The molecule has 0 atom stereocenters. The zero-order chi connectivity index (χ0) is 37.4. The van der Waals surface area contributed by atoms with Crippen LogP contribution in [0.5, 0.6) is 0 Å². The van der Waals surface area contributed by atoms with E-state index in [1.807, 2.05) is 73.4 Å². The summed E-state index contributed by atoms with van der Waals surface area (Å²) in [5, 5.41) is 0. The van der Waals surface area contributed by atoms with Crippen molar-refractivity contribution < 1.29 is 39.6 Å². The maximum Gasteiger partial charge on any atom is 2.00 e. The summed E-state index contributed by atoms with van der Waals surface area (Å²) in [5.74, 6) is 0. The summed E-state index contributed by atoms with van der Waals surface area (Å²) < 4.78 is 0. The molecule has 5 heterocycles. The average Bonchev–Trinajstić information content (AvgIpc) is 4.03. The minimum absolute atomic E-state index is 0. The molecule has 4 aromatic heterocycles. The van der Waals surface area contributed by atoms with Crippen LogP contribution >= 0.6 is 0 Å². The number of aliphatic imine (C=N–C) groups is 4. The van der Waals surface area contributed by atoms with Crippen LogP contribution in [0.25, 0.3) is 0 Å². The average molecular weight is 843 g/mol. The minimum atomic E-state index is -0.320. The first-order valence-corrected chi connectivity index (χ1v) is 19.4. The maximum atomic E-state index is 5.15. The molecule has 0 unspecified atom stereocenters. The fourth-order valence-corrected chi connectivity index (χ4v) is 8.02. The third kappa shape index (κ3) is 9.69. The molecule has 1 aliphatic rings. The van der Waals surface area contributed by atoms with Crippen molar-refractivity contribution in [3.05, 3.63) is 143 Å². The van der Waals surface area contributed by atoms with Crippen LogP contribution in [0.1, 0.15) is 125 Å². The molecule has 57 heavy (non-hydrogen) atoms. The number of hydrogen-bond donors (Lipinski definition) is 0. The third-order valence-electron chi connectivity index (χ3n) is 10.4. The molecule has 0 spiro atoms. The molecule has 9 nitrogen and oxygen atoms in total. The molecule has 7 rings (SSSR count). The summed E-state index contributed by atoms with van der Waals surface area (Å²) in [5.41, 5.74) is 9.74. The molecular formula is C46H50Fe2N8O. The van der Waals surface area contributed by atoms with Crippen LogP contribution in [0, 0.1) is 0 Å². The number of para-hydroxylation sites is 4. The summed E-state index contributed by atoms with van der Waals surface area (Å²) in [6, 6.07) is 32.6. The van der Waals surface area contributed by atoms with Crippen molar-refractivity contribution in [2.45, 2.75) is 89.9 Å². The van der Waals surface area contributed by atoms with Crippen LogP contribution in [0.3, 0.4) is 0 Å². The van der Waals surface area contributed by atoms with Gasteiger partial charge in [-0.15, -0.1) is 22.8 Å². The Labute approximate surface area is 357 Å². The Morgan fingerprint density at radius 1 is 0.368 bits per heavy atom. The molecule has 6 aromatic rings. The van der Waals surface area contributed by atoms with E-state index in [9.17, 15) is 0 Å². The Hall–Kier alpha value is -4.76. The molecule has 8 bridgehead atoms. The Bertz CT molecular complexity index is 1970. The van der Waals surface area contributed by atoms with Crippen molar-refractivity contribution in [3.8, 4) is 0 Å². The molecule has 0 saturated carbocycles. The molecule has 0 saturated heterocycles. The van der Waals surface area contributed by atoms with E-state index in [4.69, 9.17) is 39.9 Å². The SMILES string of the molecule is CCCC1(CCC)c2ccc([n-]2)C=Nc2ccccc2N=Cc2ccc([n-]2)C(CCC)(CCC)c2ccc([n-]2)C=Nc2ccccc2N=Cc2ccc1[n-]2.O.[Fe+2].[Fe+2]. The second kappa shape index (κ2) is 20.6. The van der Waals surface area contributed by atoms with E-state index < -0.39 is 0 Å². The first kappa shape index (κ1) is 44.9. The topological polar surface area (TPSA) is 137 Å². The third-order valence-corrected chi connectivity index (χ3v) is 10.4. The van der Waals surface area contributed by atoms with E-state index in [1.54, 1.807) is 0 Å². The number of aromatic nitrogens is 4. The zero-order valence-corrected chi connectivity index (χ0v) is 35.2. The summed E-state index contributed by atoms with van der Waals surface area (Å²) in [6.45, 7) is 8.90. The van der Waals surface area contributed by atoms with Crippen molar-refractivity contribution in [3.63, 3.8) is 0 Å². The van der Waals surface area contributed by atoms with Gasteiger partial charge >= 0.3 is 34.1 Å². The predicted octanol–water partition coefficient (Wildman–Crippen LogP) is 9.77. The molecule has 11 heteroatoms. The van der Waals surface area contributed by atoms with E-state index in [2.05, 4.69) is 76.2 Å². The van der Waals surface area contributed by atoms with E-state index in [0.717, 1.165) is 120 Å². The van der Waals surface area contributed by atoms with Gasteiger partial charge in [-0.05, 0) is 60.8 Å². The molecule has 296 valence electrons. The monoisotopic (exact) mass is 842 g/mol. The molecule has 1 aliphatic heterocycles. The second-order valence-corrected chi connectivity index (χ2v) is 14.2. The van der Waals surface area contributed by atoms with Gasteiger partial charge in [0, 0.05) is 24.9 Å². The van der Waals surface area contributed by atoms with Crippen molar-refractivity contribution in [2.24, 2.45) is 20.0 Å². The number of nitrogens with zero attached hydrogens (tertiary/aromatic N) is 8. The molecular weight excluding hydrogens is 792 g/mol. The van der Waals surface area contributed by atoms with Gasteiger partial charge in [0.25, 0.3) is 0 Å². The Morgan fingerprint density at radius 3 is 0.807 bits per heavy atom. The first-order valence-electron chi connectivity index (χ1n) is 19.4. The molecule has 2 N–H and O–H groups in total. The van der Waals surface area contributed by atoms with Crippen molar-refractivity contribution in [2.75, 3.05) is 0 Å². The van der Waals surface area contributed by atoms with Crippen LogP contribution < -0.4 is 19.9 Å². The van der Waals surface area contributed by atoms with E-state index >= 15 is 0 Å². The number of fused-ring (bicyclic) bond motifs is 10. The Kier molecular flexibility index (Phi) is 16.2. The summed E-state index contributed by atoms with van der Waals surface area (Å²) >= 11 is 0. The normalized spacial score (nSPS) is 14.1. The van der Waals surface area contributed by atoms with Gasteiger partial charge in [-0.2, -0.15) is 22.8 Å². The van der Waals surface area contributed by atoms with Crippen LogP contribution in [-0.2, 0) is 45.0 Å². The fourth-order valence-electron chi connectivity index (χ4n) is 8.02. The van der Waals surface area contributed by atoms with E-state index in [1.165, 1.54) is 0 Å². The van der Waals surface area contributed by atoms with Crippen LogP contribution in [0.15, 0.2) is 117 Å². The van der Waals surface area contributed by atoms with Crippen molar-refractivity contribution in [1.29, 1.82) is 0 Å². The number of benzene rings is 2. The second-order valence-electron chi connectivity index (χ2n) is 14.2. The predicted molar refractivity (Wildman–Crippen MR) is 226 cm³/mol. The Morgan fingerprint density at radius 2 is 0.596 bits per heavy atom. The maximum absolute atomic E-state index is 5.15. The minimum Gasteiger partial charge on any atom is -0.659 e. The van der Waals surface area contributed by atoms with Gasteiger partial charge in [0.15, 0.2) is 0 Å². The molecule has 0 fully saturated rings. The summed E-state index contributed by atoms with van der Waals surface area (Å²) in [6.07, 6.45) is 15.1. The molecule has 0 radical (unpaired) electrons. The number of hydrogen-bond acceptors (Lipinski definition) is 4. The molecule has 0 aliphatic carbocycles. The fraction of sp³-hybridized carbons (Fsp3) is 0.304. The summed E-state index contributed by atoms with van der Waals surface area (Å²) in [7, 11) is 0. The van der Waals surface area contributed by atoms with Crippen molar-refractivity contribution in [1.82, 2.24) is 19.9 Å². The number of rotatable bonds is 8. The largest absolute Gasteiger partial charge is 2.00 e. The van der Waals surface area contributed by atoms with Gasteiger partial charge in [0.2, 0.25) is 0 Å². The zero-order valence-electron chi connectivity index (χ0n) is 33.0. The van der Waals surface area contributed by atoms with E-state index in [0.29, 0.717) is 0 Å². The standard InChI is InChI=1S/C46H48N8.2Fe.H2O/c1-5-25-45(26-6-2)41-21-17-33(51-41)29-47-37-13-9-11-15-39(37)49-31-35-19-23-43(53-35)46(27-7-3,28-8-4)44-24-20-36(54-44)32-50-40-16-12-10-14-38(40)48-30-34-18-22-42(45)52-34;;;/h9-24,29-32H,5-8,25-28H2,1-4H3;;;1H2/q-4;2*+2;. The van der Waals surface area contributed by atoms with Gasteiger partial charge in [-0.25, -0.2) is 0 Å². The van der Waals surface area contributed by atoms with Gasteiger partial charge in [-0.1, -0.05) is 126 Å². The van der Waals surface area contributed by atoms with Crippen LogP contribution in [0.2, 0.25) is 0 Å². The van der Waals surface area contributed by atoms with Crippen LogP contribution in [-0.4, -0.2) is 30.3 Å². The molecule has 0 amide bonds. The Balaban J connectivity index is 0.00000240.